The Hall–Kier alpha value is -2.42. The van der Waals surface area contributed by atoms with Crippen molar-refractivity contribution in [2.75, 3.05) is 11.9 Å². The predicted molar refractivity (Wildman–Crippen MR) is 99.4 cm³/mol. The largest absolute Gasteiger partial charge is 0.482 e. The number of aromatic nitrogens is 4. The second kappa shape index (κ2) is 8.08. The van der Waals surface area contributed by atoms with Gasteiger partial charge in [0, 0.05) is 6.07 Å². The fourth-order valence-electron chi connectivity index (χ4n) is 2.16. The number of nitrogens with zero attached hydrogens (tertiary/aromatic N) is 4. The molecule has 27 heavy (non-hydrogen) atoms. The Morgan fingerprint density at radius 3 is 2.63 bits per heavy atom. The highest BCUT2D eigenvalue weighted by Gasteiger charge is 2.13. The standard InChI is InChI=1S/C16H11Cl3FN5O2/c1-8-22-23-24-25(8)9-2-3-13(20)14(4-9)21-16(26)7-27-15-6-11(18)10(17)5-12(15)19/h2-6H,7H2,1H3,(H,21,26). The zero-order chi connectivity index (χ0) is 19.6. The summed E-state index contributed by atoms with van der Waals surface area (Å²) in [4.78, 5) is 12.1. The molecule has 1 amide bonds. The molecule has 2 aromatic carbocycles. The number of hydrogen-bond acceptors (Lipinski definition) is 5. The topological polar surface area (TPSA) is 81.9 Å². The highest BCUT2D eigenvalue weighted by atomic mass is 35.5. The van der Waals surface area contributed by atoms with E-state index in [1.165, 1.54) is 35.0 Å². The third kappa shape index (κ3) is 4.47. The van der Waals surface area contributed by atoms with Crippen molar-refractivity contribution < 1.29 is 13.9 Å². The number of benzene rings is 2. The lowest BCUT2D eigenvalue weighted by Gasteiger charge is -2.11. The third-order valence-electron chi connectivity index (χ3n) is 3.43. The van der Waals surface area contributed by atoms with Crippen molar-refractivity contribution in [2.45, 2.75) is 6.92 Å². The smallest absolute Gasteiger partial charge is 0.262 e. The number of rotatable bonds is 5. The molecule has 0 saturated carbocycles. The van der Waals surface area contributed by atoms with Crippen molar-refractivity contribution in [3.05, 3.63) is 57.0 Å². The number of anilines is 1. The summed E-state index contributed by atoms with van der Waals surface area (Å²) in [6.07, 6.45) is 0. The van der Waals surface area contributed by atoms with Crippen molar-refractivity contribution in [2.24, 2.45) is 0 Å². The second-order valence-electron chi connectivity index (χ2n) is 5.34. The van der Waals surface area contributed by atoms with Crippen molar-refractivity contribution in [1.82, 2.24) is 20.2 Å². The number of halogens is 4. The van der Waals surface area contributed by atoms with E-state index in [1.54, 1.807) is 6.92 Å². The number of hydrogen-bond donors (Lipinski definition) is 1. The number of tetrazole rings is 1. The zero-order valence-electron chi connectivity index (χ0n) is 13.7. The molecule has 1 aromatic heterocycles. The van der Waals surface area contributed by atoms with E-state index in [0.717, 1.165) is 0 Å². The average molecular weight is 431 g/mol. The highest BCUT2D eigenvalue weighted by molar-refractivity contribution is 6.43. The van der Waals surface area contributed by atoms with E-state index in [-0.39, 0.29) is 26.5 Å². The van der Waals surface area contributed by atoms with Crippen LogP contribution in [0.3, 0.4) is 0 Å². The normalized spacial score (nSPS) is 10.7. The first-order valence-corrected chi connectivity index (χ1v) is 8.60. The average Bonchev–Trinajstić information content (AvgIpc) is 3.05. The van der Waals surface area contributed by atoms with Crippen LogP contribution in [0.25, 0.3) is 5.69 Å². The Kier molecular flexibility index (Phi) is 5.79. The first-order valence-electron chi connectivity index (χ1n) is 7.47. The van der Waals surface area contributed by atoms with Gasteiger partial charge in [-0.15, -0.1) is 5.10 Å². The van der Waals surface area contributed by atoms with Crippen LogP contribution in [0.4, 0.5) is 10.1 Å². The summed E-state index contributed by atoms with van der Waals surface area (Å²) in [7, 11) is 0. The molecule has 140 valence electrons. The lowest BCUT2D eigenvalue weighted by molar-refractivity contribution is -0.118. The van der Waals surface area contributed by atoms with Crippen molar-refractivity contribution in [3.63, 3.8) is 0 Å². The van der Waals surface area contributed by atoms with Crippen LogP contribution in [0, 0.1) is 12.7 Å². The van der Waals surface area contributed by atoms with E-state index in [4.69, 9.17) is 39.5 Å². The molecule has 0 aliphatic carbocycles. The minimum absolute atomic E-state index is 0.0452. The summed E-state index contributed by atoms with van der Waals surface area (Å²) < 4.78 is 20.8. The first kappa shape index (κ1) is 19.3. The fraction of sp³-hybridized carbons (Fsp3) is 0.125. The lowest BCUT2D eigenvalue weighted by atomic mass is 10.2. The van der Waals surface area contributed by atoms with Gasteiger partial charge in [0.1, 0.15) is 11.6 Å². The van der Waals surface area contributed by atoms with Crippen LogP contribution in [0.15, 0.2) is 30.3 Å². The Morgan fingerprint density at radius 2 is 1.93 bits per heavy atom. The van der Waals surface area contributed by atoms with Crippen LogP contribution < -0.4 is 10.1 Å². The van der Waals surface area contributed by atoms with Crippen LogP contribution in [0.1, 0.15) is 5.82 Å². The van der Waals surface area contributed by atoms with Gasteiger partial charge in [-0.05, 0) is 41.6 Å². The minimum Gasteiger partial charge on any atom is -0.482 e. The van der Waals surface area contributed by atoms with Crippen LogP contribution in [0.2, 0.25) is 15.1 Å². The quantitative estimate of drug-likeness (QED) is 0.617. The fourth-order valence-corrected chi connectivity index (χ4v) is 2.75. The third-order valence-corrected chi connectivity index (χ3v) is 4.45. The van der Waals surface area contributed by atoms with E-state index in [9.17, 15) is 9.18 Å². The second-order valence-corrected chi connectivity index (χ2v) is 6.56. The van der Waals surface area contributed by atoms with Gasteiger partial charge in [-0.1, -0.05) is 34.8 Å². The van der Waals surface area contributed by atoms with Crippen LogP contribution in [-0.4, -0.2) is 32.7 Å². The molecule has 0 bridgehead atoms. The number of nitrogens with one attached hydrogen (secondary N) is 1. The minimum atomic E-state index is -0.620. The molecule has 3 aromatic rings. The van der Waals surface area contributed by atoms with Crippen LogP contribution >= 0.6 is 34.8 Å². The first-order chi connectivity index (χ1) is 12.8. The maximum Gasteiger partial charge on any atom is 0.262 e. The van der Waals surface area contributed by atoms with Gasteiger partial charge in [0.15, 0.2) is 12.4 Å². The van der Waals surface area contributed by atoms with Gasteiger partial charge in [-0.3, -0.25) is 4.79 Å². The van der Waals surface area contributed by atoms with E-state index in [1.807, 2.05) is 0 Å². The predicted octanol–water partition coefficient (Wildman–Crippen LogP) is 4.09. The molecule has 0 radical (unpaired) electrons. The molecular weight excluding hydrogens is 420 g/mol. The van der Waals surface area contributed by atoms with E-state index in [0.29, 0.717) is 11.5 Å². The zero-order valence-corrected chi connectivity index (χ0v) is 16.0. The number of aryl methyl sites for hydroxylation is 1. The van der Waals surface area contributed by atoms with Crippen molar-refractivity contribution >= 4 is 46.4 Å². The molecular formula is C16H11Cl3FN5O2. The molecule has 1 N–H and O–H groups in total. The Labute approximate surface area is 168 Å². The molecule has 0 aliphatic heterocycles. The maximum atomic E-state index is 14.0. The Bertz CT molecular complexity index is 1010. The molecule has 11 heteroatoms. The monoisotopic (exact) mass is 429 g/mol. The SMILES string of the molecule is Cc1nnnn1-c1ccc(F)c(NC(=O)COc2cc(Cl)c(Cl)cc2Cl)c1. The molecule has 0 spiro atoms. The molecule has 0 fully saturated rings. The van der Waals surface area contributed by atoms with E-state index in [2.05, 4.69) is 20.8 Å². The number of amides is 1. The van der Waals surface area contributed by atoms with Gasteiger partial charge < -0.3 is 10.1 Å². The summed E-state index contributed by atoms with van der Waals surface area (Å²) in [5, 5.41) is 14.2. The summed E-state index contributed by atoms with van der Waals surface area (Å²) in [5.41, 5.74) is 0.443. The Balaban J connectivity index is 1.71. The van der Waals surface area contributed by atoms with Gasteiger partial charge in [-0.2, -0.15) is 4.68 Å². The van der Waals surface area contributed by atoms with Crippen molar-refractivity contribution in [3.8, 4) is 11.4 Å². The molecule has 0 unspecified atom stereocenters. The van der Waals surface area contributed by atoms with E-state index < -0.39 is 18.3 Å². The Morgan fingerprint density at radius 1 is 1.19 bits per heavy atom. The summed E-state index contributed by atoms with van der Waals surface area (Å²) in [5.74, 6) is -0.525. The number of carbonyl (C=O) groups is 1. The summed E-state index contributed by atoms with van der Waals surface area (Å²) >= 11 is 17.7. The highest BCUT2D eigenvalue weighted by Crippen LogP contribution is 2.33. The van der Waals surface area contributed by atoms with Gasteiger partial charge in [0.05, 0.1) is 26.4 Å². The van der Waals surface area contributed by atoms with Gasteiger partial charge >= 0.3 is 0 Å². The van der Waals surface area contributed by atoms with Crippen LogP contribution in [-0.2, 0) is 4.79 Å². The maximum absolute atomic E-state index is 14.0. The molecule has 7 nitrogen and oxygen atoms in total. The molecule has 0 atom stereocenters. The molecule has 1 heterocycles. The summed E-state index contributed by atoms with van der Waals surface area (Å²) in [6.45, 7) is 1.28. The van der Waals surface area contributed by atoms with Gasteiger partial charge in [0.25, 0.3) is 5.91 Å². The number of carbonyl (C=O) groups excluding carboxylic acids is 1. The molecule has 0 saturated heterocycles. The van der Waals surface area contributed by atoms with Crippen molar-refractivity contribution in [1.29, 1.82) is 0 Å². The van der Waals surface area contributed by atoms with E-state index >= 15 is 0 Å². The molecule has 3 rings (SSSR count). The number of ether oxygens (including phenoxy) is 1. The lowest BCUT2D eigenvalue weighted by Crippen LogP contribution is -2.21. The molecule has 0 aliphatic rings. The van der Waals surface area contributed by atoms with Gasteiger partial charge in [-0.25, -0.2) is 4.39 Å². The van der Waals surface area contributed by atoms with Gasteiger partial charge in [0.2, 0.25) is 0 Å². The summed E-state index contributed by atoms with van der Waals surface area (Å²) in [6, 6.07) is 6.88. The van der Waals surface area contributed by atoms with Crippen LogP contribution in [0.5, 0.6) is 5.75 Å².